The van der Waals surface area contributed by atoms with E-state index in [1.54, 1.807) is 11.9 Å². The van der Waals surface area contributed by atoms with Crippen LogP contribution in [0.5, 0.6) is 0 Å². The van der Waals surface area contributed by atoms with E-state index in [9.17, 15) is 13.2 Å². The summed E-state index contributed by atoms with van der Waals surface area (Å²) in [6.07, 6.45) is -4.34. The van der Waals surface area contributed by atoms with E-state index in [0.717, 1.165) is 45.8 Å². The molecule has 1 aromatic heterocycles. The number of rotatable bonds is 7. The van der Waals surface area contributed by atoms with Crippen LogP contribution in [-0.2, 0) is 19.8 Å². The lowest BCUT2D eigenvalue weighted by Gasteiger charge is -2.37. The van der Waals surface area contributed by atoms with Crippen LogP contribution in [0.2, 0.25) is 10.0 Å². The van der Waals surface area contributed by atoms with E-state index in [1.807, 2.05) is 41.9 Å². The fourth-order valence-corrected chi connectivity index (χ4v) is 5.97. The fourth-order valence-electron chi connectivity index (χ4n) is 4.86. The van der Waals surface area contributed by atoms with Crippen LogP contribution in [0, 0.1) is 0 Å². The van der Waals surface area contributed by atoms with Gasteiger partial charge in [0.2, 0.25) is 5.95 Å². The minimum atomic E-state index is -4.34. The molecule has 0 radical (unpaired) electrons. The number of aryl methyl sites for hydroxylation is 1. The Morgan fingerprint density at radius 1 is 0.881 bits per heavy atom. The molecular weight excluding hydrogens is 604 g/mol. The summed E-state index contributed by atoms with van der Waals surface area (Å²) in [5.74, 6) is 0.640. The van der Waals surface area contributed by atoms with Gasteiger partial charge in [0.25, 0.3) is 0 Å². The lowest BCUT2D eigenvalue weighted by atomic mass is 10.1. The summed E-state index contributed by atoms with van der Waals surface area (Å²) < 4.78 is 44.3. The maximum Gasteiger partial charge on any atom is 0.416 e. The maximum atomic E-state index is 12.9. The average Bonchev–Trinajstić information content (AvgIpc) is 3.22. The molecule has 0 unspecified atom stereocenters. The first kappa shape index (κ1) is 30.7. The first-order valence-corrected chi connectivity index (χ1v) is 15.2. The molecule has 0 atom stereocenters. The number of benzene rings is 3. The molecule has 224 valence electrons. The highest BCUT2D eigenvalue weighted by Crippen LogP contribution is 2.35. The highest BCUT2D eigenvalue weighted by molar-refractivity contribution is 7.98. The number of aromatic nitrogens is 2. The molecule has 0 spiro atoms. The van der Waals surface area contributed by atoms with Crippen LogP contribution in [0.1, 0.15) is 31.9 Å². The fraction of sp³-hybridized carbons (Fsp3) is 0.367. The summed E-state index contributed by atoms with van der Waals surface area (Å²) in [4.78, 5) is 9.07. The quantitative estimate of drug-likeness (QED) is 0.198. The minimum absolute atomic E-state index is 0.111. The number of anilines is 4. The van der Waals surface area contributed by atoms with Gasteiger partial charge >= 0.3 is 6.18 Å². The van der Waals surface area contributed by atoms with Crippen LogP contribution in [0.25, 0.3) is 11.0 Å². The second-order valence-electron chi connectivity index (χ2n) is 11.3. The molecular formula is C30H33Cl2F3N6S. The lowest BCUT2D eigenvalue weighted by molar-refractivity contribution is -0.137. The zero-order valence-corrected chi connectivity index (χ0v) is 26.1. The standard InChI is InChI=1S/C30H33Cl2F3N6S/c1-29(2,3)42-36-18-19-5-10-22(31)24(15-19)37-28-38-25-16-23(32)26(17-27(25)39(28)4)41-13-11-40(12-14-41)21-8-6-20(7-9-21)30(33,34)35/h5-10,15-17,36H,11-14,18H2,1-4H3,(H,37,38). The summed E-state index contributed by atoms with van der Waals surface area (Å²) in [6, 6.07) is 15.1. The van der Waals surface area contributed by atoms with Crippen molar-refractivity contribution in [3.05, 3.63) is 75.8 Å². The van der Waals surface area contributed by atoms with E-state index in [-0.39, 0.29) is 4.75 Å². The molecule has 3 aromatic carbocycles. The molecule has 0 bridgehead atoms. The van der Waals surface area contributed by atoms with Crippen LogP contribution in [0.4, 0.5) is 36.2 Å². The summed E-state index contributed by atoms with van der Waals surface area (Å²) in [5, 5.41) is 4.58. The molecule has 0 amide bonds. The Hall–Kier alpha value is -2.79. The largest absolute Gasteiger partial charge is 0.416 e. The van der Waals surface area contributed by atoms with Crippen molar-refractivity contribution < 1.29 is 13.2 Å². The normalized spacial score (nSPS) is 14.6. The SMILES string of the molecule is Cn1c(Nc2cc(CNSC(C)(C)C)ccc2Cl)nc2cc(Cl)c(N3CCN(c4ccc(C(F)(F)F)cc4)CC3)cc21. The van der Waals surface area contributed by atoms with Crippen molar-refractivity contribution in [1.29, 1.82) is 0 Å². The second-order valence-corrected chi connectivity index (χ2v) is 13.8. The van der Waals surface area contributed by atoms with Gasteiger partial charge in [-0.25, -0.2) is 4.98 Å². The molecule has 1 aliphatic rings. The van der Waals surface area contributed by atoms with Crippen molar-refractivity contribution in [3.63, 3.8) is 0 Å². The molecule has 5 rings (SSSR count). The van der Waals surface area contributed by atoms with Gasteiger partial charge in [-0.2, -0.15) is 13.2 Å². The lowest BCUT2D eigenvalue weighted by Crippen LogP contribution is -2.46. The highest BCUT2D eigenvalue weighted by Gasteiger charge is 2.30. The first-order chi connectivity index (χ1) is 19.8. The Balaban J connectivity index is 1.29. The Bertz CT molecular complexity index is 1560. The number of nitrogens with zero attached hydrogens (tertiary/aromatic N) is 4. The summed E-state index contributed by atoms with van der Waals surface area (Å²) in [7, 11) is 1.94. The molecule has 1 saturated heterocycles. The van der Waals surface area contributed by atoms with Crippen molar-refractivity contribution in [2.75, 3.05) is 41.3 Å². The van der Waals surface area contributed by atoms with Gasteiger partial charge in [0.05, 0.1) is 38.0 Å². The highest BCUT2D eigenvalue weighted by atomic mass is 35.5. The molecule has 0 aliphatic carbocycles. The smallest absolute Gasteiger partial charge is 0.368 e. The third-order valence-electron chi connectivity index (χ3n) is 7.06. The van der Waals surface area contributed by atoms with Gasteiger partial charge in [0, 0.05) is 50.2 Å². The number of piperazine rings is 1. The van der Waals surface area contributed by atoms with E-state index < -0.39 is 11.7 Å². The van der Waals surface area contributed by atoms with Crippen LogP contribution in [-0.4, -0.2) is 40.5 Å². The monoisotopic (exact) mass is 636 g/mol. The Labute approximate surface area is 258 Å². The number of halogens is 5. The molecule has 4 aromatic rings. The van der Waals surface area contributed by atoms with E-state index in [2.05, 4.69) is 40.6 Å². The van der Waals surface area contributed by atoms with Crippen molar-refractivity contribution >= 4 is 69.2 Å². The van der Waals surface area contributed by atoms with Crippen molar-refractivity contribution in [2.45, 2.75) is 38.2 Å². The number of hydrogen-bond donors (Lipinski definition) is 2. The zero-order valence-electron chi connectivity index (χ0n) is 23.8. The first-order valence-electron chi connectivity index (χ1n) is 13.6. The number of hydrogen-bond acceptors (Lipinski definition) is 6. The summed E-state index contributed by atoms with van der Waals surface area (Å²) in [5.41, 5.74) is 4.56. The Kier molecular flexibility index (Phi) is 8.81. The van der Waals surface area contributed by atoms with Gasteiger partial charge in [-0.15, -0.1) is 0 Å². The minimum Gasteiger partial charge on any atom is -0.368 e. The van der Waals surface area contributed by atoms with Crippen LogP contribution < -0.4 is 19.8 Å². The average molecular weight is 638 g/mol. The van der Waals surface area contributed by atoms with Gasteiger partial charge in [-0.3, -0.25) is 4.72 Å². The van der Waals surface area contributed by atoms with Crippen LogP contribution >= 0.6 is 35.1 Å². The molecule has 0 saturated carbocycles. The third-order valence-corrected chi connectivity index (χ3v) is 8.59. The van der Waals surface area contributed by atoms with E-state index in [4.69, 9.17) is 28.2 Å². The number of fused-ring (bicyclic) bond motifs is 1. The van der Waals surface area contributed by atoms with Gasteiger partial charge < -0.3 is 19.7 Å². The zero-order chi connectivity index (χ0) is 30.2. The van der Waals surface area contributed by atoms with E-state index in [0.29, 0.717) is 48.7 Å². The van der Waals surface area contributed by atoms with Crippen molar-refractivity contribution in [3.8, 4) is 0 Å². The molecule has 1 fully saturated rings. The van der Waals surface area contributed by atoms with Gasteiger partial charge in [0.15, 0.2) is 0 Å². The van der Waals surface area contributed by atoms with Gasteiger partial charge in [0.1, 0.15) is 0 Å². The predicted molar refractivity (Wildman–Crippen MR) is 171 cm³/mol. The third kappa shape index (κ3) is 7.05. The molecule has 12 heteroatoms. The number of imidazole rings is 1. The molecule has 42 heavy (non-hydrogen) atoms. The number of alkyl halides is 3. The van der Waals surface area contributed by atoms with E-state index in [1.165, 1.54) is 12.1 Å². The predicted octanol–water partition coefficient (Wildman–Crippen LogP) is 8.51. The number of nitrogens with one attached hydrogen (secondary N) is 2. The van der Waals surface area contributed by atoms with Crippen LogP contribution in [0.3, 0.4) is 0 Å². The topological polar surface area (TPSA) is 48.4 Å². The Morgan fingerprint density at radius 2 is 1.55 bits per heavy atom. The Morgan fingerprint density at radius 3 is 2.19 bits per heavy atom. The molecule has 6 nitrogen and oxygen atoms in total. The molecule has 1 aliphatic heterocycles. The molecule has 2 N–H and O–H groups in total. The van der Waals surface area contributed by atoms with E-state index >= 15 is 0 Å². The maximum absolute atomic E-state index is 12.9. The molecule has 2 heterocycles. The summed E-state index contributed by atoms with van der Waals surface area (Å²) in [6.45, 7) is 9.86. The second kappa shape index (κ2) is 12.1. The van der Waals surface area contributed by atoms with Crippen molar-refractivity contribution in [1.82, 2.24) is 14.3 Å². The van der Waals surface area contributed by atoms with Gasteiger partial charge in [-0.05, 0) is 74.9 Å². The van der Waals surface area contributed by atoms with Crippen LogP contribution in [0.15, 0.2) is 54.6 Å². The summed E-state index contributed by atoms with van der Waals surface area (Å²) >= 11 is 15.0. The van der Waals surface area contributed by atoms with Crippen molar-refractivity contribution in [2.24, 2.45) is 7.05 Å². The van der Waals surface area contributed by atoms with Gasteiger partial charge in [-0.1, -0.05) is 41.2 Å².